The number of carboxylic acids is 1. The van der Waals surface area contributed by atoms with Crippen LogP contribution in [0.3, 0.4) is 0 Å². The molecule has 0 aromatic rings. The summed E-state index contributed by atoms with van der Waals surface area (Å²) in [4.78, 5) is 45.8. The Hall–Kier alpha value is -1.92. The molecule has 0 aromatic carbocycles. The van der Waals surface area contributed by atoms with Crippen LogP contribution >= 0.6 is 0 Å². The van der Waals surface area contributed by atoms with Crippen LogP contribution in [-0.4, -0.2) is 40.8 Å². The lowest BCUT2D eigenvalue weighted by molar-refractivity contribution is -0.144. The molecule has 0 bridgehead atoms. The monoisotopic (exact) mass is 282 g/mol. The van der Waals surface area contributed by atoms with E-state index in [9.17, 15) is 24.3 Å². The fraction of sp³-hybridized carbons (Fsp3) is 0.692. The maximum absolute atomic E-state index is 12.0. The van der Waals surface area contributed by atoms with Gasteiger partial charge in [0.15, 0.2) is 0 Å². The van der Waals surface area contributed by atoms with Crippen molar-refractivity contribution in [3.63, 3.8) is 0 Å². The summed E-state index contributed by atoms with van der Waals surface area (Å²) in [5, 5.41) is 14.2. The third kappa shape index (κ3) is 3.34. The van der Waals surface area contributed by atoms with Gasteiger partial charge in [0, 0.05) is 19.3 Å². The van der Waals surface area contributed by atoms with Gasteiger partial charge in [0.2, 0.25) is 11.8 Å². The van der Waals surface area contributed by atoms with Gasteiger partial charge in [-0.1, -0.05) is 0 Å². The van der Waals surface area contributed by atoms with Gasteiger partial charge < -0.3 is 15.7 Å². The predicted molar refractivity (Wildman–Crippen MR) is 67.7 cm³/mol. The zero-order valence-electron chi connectivity index (χ0n) is 11.1. The van der Waals surface area contributed by atoms with E-state index in [0.29, 0.717) is 25.7 Å². The molecule has 1 aliphatic heterocycles. The van der Waals surface area contributed by atoms with Crippen molar-refractivity contribution in [2.24, 2.45) is 5.92 Å². The van der Waals surface area contributed by atoms with Crippen LogP contribution in [0, 0.1) is 5.92 Å². The topological polar surface area (TPSA) is 113 Å². The largest absolute Gasteiger partial charge is 0.480 e. The normalized spacial score (nSPS) is 27.8. The number of Topliss-reactive ketones (excluding diaryl/α,β-unsaturated/α-hetero) is 1. The molecule has 0 radical (unpaired) electrons. The Labute approximate surface area is 116 Å². The van der Waals surface area contributed by atoms with E-state index in [4.69, 9.17) is 0 Å². The maximum atomic E-state index is 12.0. The molecule has 2 fully saturated rings. The number of carbonyl (C=O) groups excluding carboxylic acids is 3. The zero-order valence-corrected chi connectivity index (χ0v) is 11.1. The summed E-state index contributed by atoms with van der Waals surface area (Å²) in [7, 11) is 0. The van der Waals surface area contributed by atoms with Crippen LogP contribution in [0.4, 0.5) is 0 Å². The maximum Gasteiger partial charge on any atom is 0.326 e. The van der Waals surface area contributed by atoms with Gasteiger partial charge in [-0.15, -0.1) is 0 Å². The van der Waals surface area contributed by atoms with Gasteiger partial charge in [-0.05, 0) is 25.2 Å². The Bertz CT molecular complexity index is 448. The van der Waals surface area contributed by atoms with Crippen LogP contribution in [0.2, 0.25) is 0 Å². The summed E-state index contributed by atoms with van der Waals surface area (Å²) in [6.07, 6.45) is 2.59. The molecule has 3 N–H and O–H groups in total. The van der Waals surface area contributed by atoms with E-state index >= 15 is 0 Å². The number of rotatable bonds is 4. The van der Waals surface area contributed by atoms with Crippen molar-refractivity contribution in [2.45, 2.75) is 50.6 Å². The molecular formula is C13H18N2O5. The number of nitrogens with one attached hydrogen (secondary N) is 2. The van der Waals surface area contributed by atoms with E-state index < -0.39 is 24.0 Å². The van der Waals surface area contributed by atoms with Gasteiger partial charge in [-0.25, -0.2) is 4.79 Å². The van der Waals surface area contributed by atoms with E-state index in [1.54, 1.807) is 0 Å². The van der Waals surface area contributed by atoms with Crippen molar-refractivity contribution in [3.05, 3.63) is 0 Å². The Kier molecular flexibility index (Phi) is 4.36. The Balaban J connectivity index is 1.98. The highest BCUT2D eigenvalue weighted by atomic mass is 16.4. The predicted octanol–water partition coefficient (Wildman–Crippen LogP) is -0.406. The molecular weight excluding hydrogens is 264 g/mol. The van der Waals surface area contributed by atoms with Gasteiger partial charge in [0.05, 0.1) is 0 Å². The van der Waals surface area contributed by atoms with Crippen molar-refractivity contribution >= 4 is 23.6 Å². The SMILES string of the molecule is O=C1CCC[C@@H]([C@@H](NC(=O)[C@@H]2CCC(=O)N2)C(=O)O)C1. The van der Waals surface area contributed by atoms with Gasteiger partial charge in [-0.2, -0.15) is 0 Å². The van der Waals surface area contributed by atoms with E-state index in [1.165, 1.54) is 0 Å². The molecule has 2 amide bonds. The highest BCUT2D eigenvalue weighted by Gasteiger charge is 2.36. The number of hydrogen-bond donors (Lipinski definition) is 3. The number of amides is 2. The standard InChI is InChI=1S/C13H18N2O5/c16-8-3-1-2-7(6-8)11(13(19)20)15-12(18)9-4-5-10(17)14-9/h7,9,11H,1-6H2,(H,14,17)(H,15,18)(H,19,20)/t7-,9+,11-/m1/s1. The van der Waals surface area contributed by atoms with Crippen LogP contribution in [-0.2, 0) is 19.2 Å². The molecule has 1 saturated heterocycles. The third-order valence-electron chi connectivity index (χ3n) is 3.87. The molecule has 0 spiro atoms. The first-order chi connectivity index (χ1) is 9.47. The summed E-state index contributed by atoms with van der Waals surface area (Å²) < 4.78 is 0. The number of ketones is 1. The Morgan fingerprint density at radius 2 is 2.00 bits per heavy atom. The smallest absolute Gasteiger partial charge is 0.326 e. The second-order valence-electron chi connectivity index (χ2n) is 5.38. The molecule has 2 aliphatic rings. The van der Waals surface area contributed by atoms with Gasteiger partial charge in [-0.3, -0.25) is 14.4 Å². The first-order valence-electron chi connectivity index (χ1n) is 6.81. The fourth-order valence-electron chi connectivity index (χ4n) is 2.79. The molecule has 1 aliphatic carbocycles. The second kappa shape index (κ2) is 6.02. The number of carbonyl (C=O) groups is 4. The van der Waals surface area contributed by atoms with Crippen LogP contribution in [0.15, 0.2) is 0 Å². The molecule has 20 heavy (non-hydrogen) atoms. The average molecular weight is 282 g/mol. The molecule has 3 atom stereocenters. The molecule has 1 saturated carbocycles. The van der Waals surface area contributed by atoms with E-state index in [0.717, 1.165) is 0 Å². The first kappa shape index (κ1) is 14.5. The van der Waals surface area contributed by atoms with Crippen LogP contribution in [0.25, 0.3) is 0 Å². The van der Waals surface area contributed by atoms with Crippen molar-refractivity contribution in [2.75, 3.05) is 0 Å². The lowest BCUT2D eigenvalue weighted by atomic mass is 9.83. The third-order valence-corrected chi connectivity index (χ3v) is 3.87. The highest BCUT2D eigenvalue weighted by Crippen LogP contribution is 2.25. The van der Waals surface area contributed by atoms with Gasteiger partial charge in [0.1, 0.15) is 17.9 Å². The minimum Gasteiger partial charge on any atom is -0.480 e. The van der Waals surface area contributed by atoms with Crippen molar-refractivity contribution in [1.82, 2.24) is 10.6 Å². The molecule has 7 heteroatoms. The van der Waals surface area contributed by atoms with Crippen molar-refractivity contribution in [3.8, 4) is 0 Å². The first-order valence-corrected chi connectivity index (χ1v) is 6.81. The molecule has 110 valence electrons. The quantitative estimate of drug-likeness (QED) is 0.649. The van der Waals surface area contributed by atoms with Crippen LogP contribution < -0.4 is 10.6 Å². The van der Waals surface area contributed by atoms with Crippen LogP contribution in [0.5, 0.6) is 0 Å². The molecule has 1 heterocycles. The summed E-state index contributed by atoms with van der Waals surface area (Å²) in [5.74, 6) is -2.15. The number of aliphatic carboxylic acids is 1. The number of carboxylic acid groups (broad SMARTS) is 1. The highest BCUT2D eigenvalue weighted by molar-refractivity contribution is 5.93. The van der Waals surface area contributed by atoms with Crippen molar-refractivity contribution in [1.29, 1.82) is 0 Å². The minimum absolute atomic E-state index is 0.0379. The van der Waals surface area contributed by atoms with E-state index in [-0.39, 0.29) is 30.4 Å². The zero-order chi connectivity index (χ0) is 14.7. The lowest BCUT2D eigenvalue weighted by Crippen LogP contribution is -2.52. The summed E-state index contributed by atoms with van der Waals surface area (Å²) >= 11 is 0. The molecule has 2 rings (SSSR count). The molecule has 7 nitrogen and oxygen atoms in total. The molecule has 0 aromatic heterocycles. The van der Waals surface area contributed by atoms with Crippen molar-refractivity contribution < 1.29 is 24.3 Å². The Morgan fingerprint density at radius 3 is 2.55 bits per heavy atom. The lowest BCUT2D eigenvalue weighted by Gasteiger charge is -2.28. The van der Waals surface area contributed by atoms with Gasteiger partial charge >= 0.3 is 5.97 Å². The van der Waals surface area contributed by atoms with E-state index in [2.05, 4.69) is 10.6 Å². The second-order valence-corrected chi connectivity index (χ2v) is 5.38. The summed E-state index contributed by atoms with van der Waals surface area (Å²) in [6.45, 7) is 0. The average Bonchev–Trinajstić information content (AvgIpc) is 2.82. The summed E-state index contributed by atoms with van der Waals surface area (Å²) in [6, 6.07) is -1.73. The van der Waals surface area contributed by atoms with E-state index in [1.807, 2.05) is 0 Å². The Morgan fingerprint density at radius 1 is 1.25 bits per heavy atom. The number of hydrogen-bond acceptors (Lipinski definition) is 4. The summed E-state index contributed by atoms with van der Waals surface area (Å²) in [5.41, 5.74) is 0. The minimum atomic E-state index is -1.14. The van der Waals surface area contributed by atoms with Gasteiger partial charge in [0.25, 0.3) is 0 Å². The fourth-order valence-corrected chi connectivity index (χ4v) is 2.79. The molecule has 0 unspecified atom stereocenters. The van der Waals surface area contributed by atoms with Crippen LogP contribution in [0.1, 0.15) is 38.5 Å².